The van der Waals surface area contributed by atoms with Crippen molar-refractivity contribution in [2.45, 2.75) is 81.0 Å². The van der Waals surface area contributed by atoms with E-state index in [-0.39, 0.29) is 42.5 Å². The van der Waals surface area contributed by atoms with Crippen LogP contribution in [0, 0.1) is 6.92 Å². The van der Waals surface area contributed by atoms with Gasteiger partial charge in [-0.1, -0.05) is 78.7 Å². The summed E-state index contributed by atoms with van der Waals surface area (Å²) in [4.78, 5) is 54.5. The summed E-state index contributed by atoms with van der Waals surface area (Å²) in [6.45, 7) is 2.12. The molecule has 2 N–H and O–H groups in total. The number of hydrogen-bond donors (Lipinski definition) is 2. The fourth-order valence-electron chi connectivity index (χ4n) is 7.68. The van der Waals surface area contributed by atoms with Crippen LogP contribution in [0.1, 0.15) is 67.5 Å². The van der Waals surface area contributed by atoms with Gasteiger partial charge in [0, 0.05) is 26.0 Å². The maximum absolute atomic E-state index is 13.7. The molecule has 1 saturated heterocycles. The van der Waals surface area contributed by atoms with Crippen LogP contribution < -0.4 is 20.5 Å². The highest BCUT2D eigenvalue weighted by Gasteiger charge is 2.51. The third kappa shape index (κ3) is 12.9. The number of sulfone groups is 1. The number of methoxy groups -OCH3 is 2. The first-order chi connectivity index (χ1) is 32.2. The van der Waals surface area contributed by atoms with E-state index in [0.717, 1.165) is 15.7 Å². The number of carbonyl (C=O) groups is 3. The van der Waals surface area contributed by atoms with Gasteiger partial charge in [-0.2, -0.15) is 4.98 Å². The number of carbonyl (C=O) groups excluding carboxylic acids is 2. The molecule has 2 heterocycles. The van der Waals surface area contributed by atoms with Gasteiger partial charge in [-0.05, 0) is 78.9 Å². The predicted molar refractivity (Wildman–Crippen MR) is 244 cm³/mol. The summed E-state index contributed by atoms with van der Waals surface area (Å²) in [6.07, 6.45) is -2.73. The van der Waals surface area contributed by atoms with E-state index >= 15 is 0 Å². The number of ether oxygens (including phenoxy) is 7. The Labute approximate surface area is 388 Å². The number of carboxylic acid groups (broad SMARTS) is 1. The van der Waals surface area contributed by atoms with Crippen molar-refractivity contribution in [2.24, 2.45) is 0 Å². The van der Waals surface area contributed by atoms with Crippen LogP contribution in [0.2, 0.25) is 0 Å². The molecule has 356 valence electrons. The average molecular weight is 942 g/mol. The molecule has 0 saturated carbocycles. The van der Waals surface area contributed by atoms with E-state index < -0.39 is 70.3 Å². The Morgan fingerprint density at radius 2 is 1.42 bits per heavy atom. The van der Waals surface area contributed by atoms with Crippen molar-refractivity contribution in [3.05, 3.63) is 148 Å². The Balaban J connectivity index is 1.38. The van der Waals surface area contributed by atoms with Crippen LogP contribution in [-0.2, 0) is 53.5 Å². The van der Waals surface area contributed by atoms with Gasteiger partial charge in [0.2, 0.25) is 5.91 Å². The molecule has 67 heavy (non-hydrogen) atoms. The zero-order valence-electron chi connectivity index (χ0n) is 37.7. The normalized spacial score (nSPS) is 17.1. The maximum atomic E-state index is 13.7. The molecule has 0 unspecified atom stereocenters. The van der Waals surface area contributed by atoms with E-state index in [2.05, 4.69) is 10.3 Å². The SMILES string of the molecule is COc1ccc(C(OC[C@H]2O[C@@H](n3ccc(NC(C)=O)nc3=O)[C@H](OC(=O)CCCCCC(=O)O)[C@@H]2OCOCCS(=O)(=O)c2ccc(C)cc2)(c2ccccc2)c2ccc(OC)cc2)cc1. The van der Waals surface area contributed by atoms with Crippen molar-refractivity contribution in [3.8, 4) is 11.5 Å². The molecule has 1 aromatic heterocycles. The average Bonchev–Trinajstić information content (AvgIpc) is 3.64. The lowest BCUT2D eigenvalue weighted by molar-refractivity contribution is -0.169. The van der Waals surface area contributed by atoms with Crippen LogP contribution in [0.25, 0.3) is 0 Å². The number of nitrogens with zero attached hydrogens (tertiary/aromatic N) is 2. The number of carboxylic acids is 1. The Bertz CT molecular complexity index is 2540. The number of aryl methyl sites for hydroxylation is 1. The van der Waals surface area contributed by atoms with Crippen LogP contribution in [0.15, 0.2) is 125 Å². The molecule has 1 aliphatic heterocycles. The smallest absolute Gasteiger partial charge is 0.351 e. The molecule has 0 radical (unpaired) electrons. The van der Waals surface area contributed by atoms with Crippen molar-refractivity contribution < 1.29 is 61.1 Å². The molecule has 0 aliphatic carbocycles. The summed E-state index contributed by atoms with van der Waals surface area (Å²) in [6, 6.07) is 32.1. The third-order valence-corrected chi connectivity index (χ3v) is 12.8. The number of rotatable bonds is 24. The summed E-state index contributed by atoms with van der Waals surface area (Å²) < 4.78 is 70.5. The highest BCUT2D eigenvalue weighted by molar-refractivity contribution is 7.91. The van der Waals surface area contributed by atoms with Crippen LogP contribution in [0.4, 0.5) is 5.82 Å². The number of nitrogens with one attached hydrogen (secondary N) is 1. The lowest BCUT2D eigenvalue weighted by Gasteiger charge is -2.37. The van der Waals surface area contributed by atoms with Crippen molar-refractivity contribution in [1.82, 2.24) is 9.55 Å². The first-order valence-electron chi connectivity index (χ1n) is 21.6. The minimum absolute atomic E-state index is 0.0186. The molecule has 17 nitrogen and oxygen atoms in total. The predicted octanol–water partition coefficient (Wildman–Crippen LogP) is 6.21. The highest BCUT2D eigenvalue weighted by Crippen LogP contribution is 2.43. The Hall–Kier alpha value is -6.44. The van der Waals surface area contributed by atoms with E-state index in [1.807, 2.05) is 85.8 Å². The molecule has 4 atom stereocenters. The van der Waals surface area contributed by atoms with Crippen LogP contribution in [-0.4, -0.2) is 99.2 Å². The summed E-state index contributed by atoms with van der Waals surface area (Å²) in [5, 5.41) is 11.6. The molecule has 6 rings (SSSR count). The number of unbranched alkanes of at least 4 members (excludes halogenated alkanes) is 2. The van der Waals surface area contributed by atoms with Gasteiger partial charge >= 0.3 is 17.6 Å². The fraction of sp³-hybridized carbons (Fsp3) is 0.367. The fourth-order valence-corrected chi connectivity index (χ4v) is 8.81. The highest BCUT2D eigenvalue weighted by atomic mass is 32.2. The van der Waals surface area contributed by atoms with Gasteiger partial charge in [0.15, 0.2) is 22.2 Å². The monoisotopic (exact) mass is 941 g/mol. The van der Waals surface area contributed by atoms with Gasteiger partial charge in [0.05, 0.1) is 38.1 Å². The lowest BCUT2D eigenvalue weighted by atomic mass is 9.80. The first kappa shape index (κ1) is 50.0. The minimum Gasteiger partial charge on any atom is -0.497 e. The maximum Gasteiger partial charge on any atom is 0.351 e. The molecule has 1 fully saturated rings. The topological polar surface area (TPSA) is 217 Å². The molecular weight excluding hydrogens is 887 g/mol. The van der Waals surface area contributed by atoms with E-state index in [1.54, 1.807) is 26.4 Å². The first-order valence-corrected chi connectivity index (χ1v) is 23.3. The van der Waals surface area contributed by atoms with Crippen LogP contribution in [0.3, 0.4) is 0 Å². The van der Waals surface area contributed by atoms with Crippen molar-refractivity contribution >= 4 is 33.5 Å². The van der Waals surface area contributed by atoms with Crippen LogP contribution >= 0.6 is 0 Å². The van der Waals surface area contributed by atoms with Crippen molar-refractivity contribution in [2.75, 3.05) is 45.3 Å². The largest absolute Gasteiger partial charge is 0.497 e. The van der Waals surface area contributed by atoms with Gasteiger partial charge in [0.1, 0.15) is 41.9 Å². The van der Waals surface area contributed by atoms with E-state index in [0.29, 0.717) is 41.9 Å². The summed E-state index contributed by atoms with van der Waals surface area (Å²) in [5.41, 5.74) is 0.856. The minimum atomic E-state index is -3.72. The quantitative estimate of drug-likeness (QED) is 0.0304. The zero-order valence-corrected chi connectivity index (χ0v) is 38.5. The van der Waals surface area contributed by atoms with Gasteiger partial charge in [0.25, 0.3) is 0 Å². The van der Waals surface area contributed by atoms with Gasteiger partial charge in [-0.15, -0.1) is 0 Å². The van der Waals surface area contributed by atoms with Crippen LogP contribution in [0.5, 0.6) is 11.5 Å². The van der Waals surface area contributed by atoms with Gasteiger partial charge in [-0.25, -0.2) is 13.2 Å². The molecule has 18 heteroatoms. The van der Waals surface area contributed by atoms with Gasteiger partial charge < -0.3 is 43.6 Å². The van der Waals surface area contributed by atoms with Gasteiger partial charge in [-0.3, -0.25) is 19.0 Å². The Kier molecular flexibility index (Phi) is 17.4. The standard InChI is InChI=1S/C49H55N3O14S/c1-33-15-25-40(26-16-33)67(58,59)30-29-62-32-63-45-41(65-47(52-28-27-42(50-34(2)53)51-48(52)57)46(45)66-44(56)14-10-6-9-13-43(54)55)31-64-49(35-11-7-5-8-12-35,36-17-21-38(60-3)22-18-36)37-19-23-39(61-4)24-20-37/h5,7-8,11-12,15-28,41,45-47H,6,9-10,13-14,29-32H2,1-4H3,(H,54,55)(H,50,51,53,57)/t41-,45-,46-,47-/m1/s1. The number of esters is 1. The number of amides is 1. The van der Waals surface area contributed by atoms with E-state index in [9.17, 15) is 27.6 Å². The molecule has 0 bridgehead atoms. The third-order valence-electron chi connectivity index (χ3n) is 11.1. The summed E-state index contributed by atoms with van der Waals surface area (Å²) >= 11 is 0. The second-order valence-corrected chi connectivity index (χ2v) is 17.9. The van der Waals surface area contributed by atoms with Crippen molar-refractivity contribution in [1.29, 1.82) is 0 Å². The van der Waals surface area contributed by atoms with E-state index in [4.69, 9.17) is 38.3 Å². The summed E-state index contributed by atoms with van der Waals surface area (Å²) in [5.74, 6) is -1.24. The molecule has 1 aliphatic rings. The van der Waals surface area contributed by atoms with E-state index in [1.165, 1.54) is 31.3 Å². The molecule has 5 aromatic rings. The lowest BCUT2D eigenvalue weighted by Crippen LogP contribution is -2.43. The molecule has 1 amide bonds. The molecule has 4 aromatic carbocycles. The molecule has 0 spiro atoms. The number of aromatic nitrogens is 2. The zero-order chi connectivity index (χ0) is 48.0. The Morgan fingerprint density at radius 3 is 2.00 bits per heavy atom. The molecular formula is C49H55N3O14S. The number of hydrogen-bond acceptors (Lipinski definition) is 14. The Morgan fingerprint density at radius 1 is 0.806 bits per heavy atom. The second-order valence-electron chi connectivity index (χ2n) is 15.8. The number of benzene rings is 4. The summed E-state index contributed by atoms with van der Waals surface area (Å²) in [7, 11) is -0.587. The second kappa shape index (κ2) is 23.3. The number of anilines is 1. The van der Waals surface area contributed by atoms with Crippen molar-refractivity contribution in [3.63, 3.8) is 0 Å². The number of aliphatic carboxylic acids is 1.